The van der Waals surface area contributed by atoms with Gasteiger partial charge in [0.25, 0.3) is 0 Å². The summed E-state index contributed by atoms with van der Waals surface area (Å²) in [6.07, 6.45) is 6.32. The van der Waals surface area contributed by atoms with Crippen molar-refractivity contribution in [2.75, 3.05) is 30.8 Å². The van der Waals surface area contributed by atoms with E-state index in [2.05, 4.69) is 34.4 Å². The van der Waals surface area contributed by atoms with Crippen LogP contribution in [0.1, 0.15) is 25.3 Å². The third-order valence-electron chi connectivity index (χ3n) is 5.19. The molecule has 1 saturated heterocycles. The molecule has 0 radical (unpaired) electrons. The molecule has 1 fully saturated rings. The van der Waals surface area contributed by atoms with Crippen LogP contribution < -0.4 is 9.64 Å². The van der Waals surface area contributed by atoms with Gasteiger partial charge in [0, 0.05) is 49.8 Å². The van der Waals surface area contributed by atoms with Crippen molar-refractivity contribution < 1.29 is 9.53 Å². The van der Waals surface area contributed by atoms with Gasteiger partial charge in [-0.3, -0.25) is 9.78 Å². The number of pyridine rings is 1. The van der Waals surface area contributed by atoms with E-state index in [4.69, 9.17) is 4.74 Å². The van der Waals surface area contributed by atoms with Crippen molar-refractivity contribution in [1.82, 2.24) is 9.29 Å². The zero-order valence-corrected chi connectivity index (χ0v) is 16.7. The molecule has 2 aliphatic rings. The summed E-state index contributed by atoms with van der Waals surface area (Å²) in [4.78, 5) is 18.0. The minimum Gasteiger partial charge on any atom is -0.487 e. The van der Waals surface area contributed by atoms with E-state index in [0.29, 0.717) is 6.42 Å². The Morgan fingerprint density at radius 2 is 2.11 bits per heavy atom. The average Bonchev–Trinajstić information content (AvgIpc) is 3.12. The number of fused-ring (bicyclic) bond motifs is 1. The fraction of sp³-hybridized carbons (Fsp3) is 0.429. The van der Waals surface area contributed by atoms with Crippen molar-refractivity contribution in [2.45, 2.75) is 32.3 Å². The summed E-state index contributed by atoms with van der Waals surface area (Å²) in [5, 5.41) is 0. The molecule has 1 amide bonds. The molecule has 5 nitrogen and oxygen atoms in total. The number of benzene rings is 1. The van der Waals surface area contributed by atoms with Crippen molar-refractivity contribution in [3.63, 3.8) is 0 Å². The quantitative estimate of drug-likeness (QED) is 0.736. The summed E-state index contributed by atoms with van der Waals surface area (Å²) < 4.78 is 8.57. The first-order valence-corrected chi connectivity index (χ1v) is 10.5. The summed E-state index contributed by atoms with van der Waals surface area (Å²) >= 11 is 1.88. The third kappa shape index (κ3) is 3.96. The highest BCUT2D eigenvalue weighted by Gasteiger charge is 2.24. The number of nitrogens with zero attached hydrogens (tertiary/aromatic N) is 3. The van der Waals surface area contributed by atoms with E-state index >= 15 is 0 Å². The maximum absolute atomic E-state index is 11.9. The topological polar surface area (TPSA) is 45.7 Å². The Balaban J connectivity index is 1.51. The van der Waals surface area contributed by atoms with Crippen LogP contribution in [0.15, 0.2) is 36.7 Å². The van der Waals surface area contributed by atoms with Gasteiger partial charge in [0.05, 0.1) is 6.20 Å². The SMILES string of the molecule is CCSN1CC[C@H](Oc2cncc(-c3ccc4c(c3)CCC(=O)N4C)c2)C1. The predicted molar refractivity (Wildman–Crippen MR) is 110 cm³/mol. The second kappa shape index (κ2) is 7.90. The van der Waals surface area contributed by atoms with Crippen LogP contribution in [0.3, 0.4) is 0 Å². The molecule has 0 unspecified atom stereocenters. The lowest BCUT2D eigenvalue weighted by Gasteiger charge is -2.26. The molecule has 1 aromatic carbocycles. The van der Waals surface area contributed by atoms with Crippen molar-refractivity contribution in [3.05, 3.63) is 42.2 Å². The number of ether oxygens (including phenoxy) is 1. The highest BCUT2D eigenvalue weighted by molar-refractivity contribution is 7.96. The number of anilines is 1. The van der Waals surface area contributed by atoms with Crippen molar-refractivity contribution in [3.8, 4) is 16.9 Å². The first-order valence-electron chi connectivity index (χ1n) is 9.53. The number of rotatable bonds is 5. The number of hydrogen-bond acceptors (Lipinski definition) is 5. The molecule has 142 valence electrons. The molecule has 6 heteroatoms. The molecule has 2 aliphatic heterocycles. The first-order chi connectivity index (χ1) is 13.1. The summed E-state index contributed by atoms with van der Waals surface area (Å²) in [6.45, 7) is 4.22. The zero-order chi connectivity index (χ0) is 18.8. The van der Waals surface area contributed by atoms with Crippen LogP contribution in [0, 0.1) is 0 Å². The van der Waals surface area contributed by atoms with E-state index in [1.807, 2.05) is 31.3 Å². The van der Waals surface area contributed by atoms with Gasteiger partial charge in [-0.15, -0.1) is 0 Å². The van der Waals surface area contributed by atoms with Gasteiger partial charge < -0.3 is 9.64 Å². The van der Waals surface area contributed by atoms with Gasteiger partial charge in [0.15, 0.2) is 0 Å². The van der Waals surface area contributed by atoms with Gasteiger partial charge in [-0.1, -0.05) is 24.9 Å². The van der Waals surface area contributed by atoms with E-state index < -0.39 is 0 Å². The summed E-state index contributed by atoms with van der Waals surface area (Å²) in [5.41, 5.74) is 4.38. The van der Waals surface area contributed by atoms with Gasteiger partial charge in [-0.2, -0.15) is 0 Å². The molecule has 0 spiro atoms. The van der Waals surface area contributed by atoms with Gasteiger partial charge in [-0.05, 0) is 42.2 Å². The highest BCUT2D eigenvalue weighted by atomic mass is 32.2. The molecular weight excluding hydrogens is 358 g/mol. The maximum Gasteiger partial charge on any atom is 0.227 e. The maximum atomic E-state index is 11.9. The molecule has 1 atom stereocenters. The van der Waals surface area contributed by atoms with Crippen LogP contribution >= 0.6 is 11.9 Å². The normalized spacial score (nSPS) is 20.0. The molecule has 0 bridgehead atoms. The molecule has 3 heterocycles. The van der Waals surface area contributed by atoms with E-state index in [-0.39, 0.29) is 12.0 Å². The Hall–Kier alpha value is -2.05. The number of aromatic nitrogens is 1. The van der Waals surface area contributed by atoms with Gasteiger partial charge in [0.1, 0.15) is 11.9 Å². The third-order valence-corrected chi connectivity index (χ3v) is 6.15. The Kier molecular flexibility index (Phi) is 5.36. The van der Waals surface area contributed by atoms with Gasteiger partial charge in [-0.25, -0.2) is 4.31 Å². The molecule has 0 N–H and O–H groups in total. The molecule has 0 aliphatic carbocycles. The standard InChI is InChI=1S/C21H25N3O2S/c1-3-27-24-9-8-18(14-24)26-19-11-17(12-22-13-19)15-4-6-20-16(10-15)5-7-21(25)23(20)2/h4,6,10-13,18H,3,5,7-9,14H2,1-2H3/t18-/m0/s1. The largest absolute Gasteiger partial charge is 0.487 e. The summed E-state index contributed by atoms with van der Waals surface area (Å²) in [7, 11) is 1.84. The van der Waals surface area contributed by atoms with E-state index in [0.717, 1.165) is 54.2 Å². The first kappa shape index (κ1) is 18.3. The van der Waals surface area contributed by atoms with Crippen LogP contribution in [0.5, 0.6) is 5.75 Å². The molecule has 2 aromatic rings. The second-order valence-corrected chi connectivity index (χ2v) is 8.39. The predicted octanol–water partition coefficient (Wildman–Crippen LogP) is 3.78. The highest BCUT2D eigenvalue weighted by Crippen LogP contribution is 2.32. The molecular formula is C21H25N3O2S. The zero-order valence-electron chi connectivity index (χ0n) is 15.9. The minimum atomic E-state index is 0.180. The van der Waals surface area contributed by atoms with Crippen molar-refractivity contribution in [1.29, 1.82) is 0 Å². The lowest BCUT2D eigenvalue weighted by atomic mass is 9.97. The van der Waals surface area contributed by atoms with Crippen LogP contribution in [0.2, 0.25) is 0 Å². The Bertz CT molecular complexity index is 842. The smallest absolute Gasteiger partial charge is 0.227 e. The number of hydrogen-bond donors (Lipinski definition) is 0. The van der Waals surface area contributed by atoms with Gasteiger partial charge in [0.2, 0.25) is 5.91 Å². The van der Waals surface area contributed by atoms with E-state index in [1.165, 1.54) is 5.56 Å². The van der Waals surface area contributed by atoms with E-state index in [1.54, 1.807) is 11.1 Å². The number of aryl methyl sites for hydroxylation is 1. The average molecular weight is 384 g/mol. The van der Waals surface area contributed by atoms with E-state index in [9.17, 15) is 4.79 Å². The Labute approximate surface area is 164 Å². The second-order valence-electron chi connectivity index (χ2n) is 7.04. The lowest BCUT2D eigenvalue weighted by molar-refractivity contribution is -0.118. The summed E-state index contributed by atoms with van der Waals surface area (Å²) in [5.74, 6) is 2.10. The number of carbonyl (C=O) groups excluding carboxylic acids is 1. The fourth-order valence-corrected chi connectivity index (χ4v) is 4.63. The lowest BCUT2D eigenvalue weighted by Crippen LogP contribution is -2.30. The van der Waals surface area contributed by atoms with Crippen LogP contribution in [-0.4, -0.2) is 47.2 Å². The number of carbonyl (C=O) groups is 1. The van der Waals surface area contributed by atoms with Gasteiger partial charge >= 0.3 is 0 Å². The molecule has 1 aromatic heterocycles. The molecule has 27 heavy (non-hydrogen) atoms. The Morgan fingerprint density at radius 3 is 2.96 bits per heavy atom. The van der Waals surface area contributed by atoms with Crippen LogP contribution in [0.25, 0.3) is 11.1 Å². The van der Waals surface area contributed by atoms with Crippen molar-refractivity contribution >= 4 is 23.5 Å². The van der Waals surface area contributed by atoms with Crippen molar-refractivity contribution in [2.24, 2.45) is 0 Å². The number of amides is 1. The summed E-state index contributed by atoms with van der Waals surface area (Å²) in [6, 6.07) is 8.34. The Morgan fingerprint density at radius 1 is 1.22 bits per heavy atom. The van der Waals surface area contributed by atoms with Crippen LogP contribution in [-0.2, 0) is 11.2 Å². The minimum absolute atomic E-state index is 0.180. The van der Waals surface area contributed by atoms with Crippen LogP contribution in [0.4, 0.5) is 5.69 Å². The fourth-order valence-electron chi connectivity index (χ4n) is 3.76. The molecule has 0 saturated carbocycles. The molecule has 4 rings (SSSR count). The monoisotopic (exact) mass is 383 g/mol.